The van der Waals surface area contributed by atoms with Gasteiger partial charge in [-0.25, -0.2) is 4.39 Å². The summed E-state index contributed by atoms with van der Waals surface area (Å²) in [6.07, 6.45) is 0.447. The Balaban J connectivity index is 2.02. The predicted molar refractivity (Wildman–Crippen MR) is 56.5 cm³/mol. The molecule has 1 amide bonds. The van der Waals surface area contributed by atoms with Crippen molar-refractivity contribution < 1.29 is 13.6 Å². The first kappa shape index (κ1) is 9.39. The number of nitrogens with one attached hydrogen (secondary N) is 1. The minimum absolute atomic E-state index is 0.0386. The highest BCUT2D eigenvalue weighted by Gasteiger charge is 2.25. The van der Waals surface area contributed by atoms with Crippen molar-refractivity contribution in [2.45, 2.75) is 12.3 Å². The van der Waals surface area contributed by atoms with E-state index in [1.165, 1.54) is 12.1 Å². The summed E-state index contributed by atoms with van der Waals surface area (Å²) in [5.74, 6) is 0.582. The predicted octanol–water partition coefficient (Wildman–Crippen LogP) is 2.18. The molecule has 0 bridgehead atoms. The molecule has 0 aliphatic carbocycles. The van der Waals surface area contributed by atoms with Crippen LogP contribution in [0.4, 0.5) is 4.39 Å². The van der Waals surface area contributed by atoms with Crippen LogP contribution in [0.1, 0.15) is 18.1 Å². The highest BCUT2D eigenvalue weighted by Crippen LogP contribution is 2.29. The smallest absolute Gasteiger partial charge is 0.220 e. The number of benzene rings is 1. The standard InChI is InChI=1S/C12H10FNO2/c13-9-1-2-10-7(3-9)4-11(16-10)8-5-12(15)14-6-8/h1-4,8H,5-6H2,(H,14,15). The zero-order valence-electron chi connectivity index (χ0n) is 8.50. The fraction of sp³-hybridized carbons (Fsp3) is 0.250. The van der Waals surface area contributed by atoms with Gasteiger partial charge in [-0.2, -0.15) is 0 Å². The summed E-state index contributed by atoms with van der Waals surface area (Å²) >= 11 is 0. The average molecular weight is 219 g/mol. The molecule has 1 atom stereocenters. The maximum absolute atomic E-state index is 13.0. The molecular formula is C12H10FNO2. The summed E-state index contributed by atoms with van der Waals surface area (Å²) < 4.78 is 18.6. The Morgan fingerprint density at radius 2 is 2.25 bits per heavy atom. The fourth-order valence-corrected chi connectivity index (χ4v) is 2.04. The molecule has 1 aliphatic rings. The molecule has 3 nitrogen and oxygen atoms in total. The zero-order valence-corrected chi connectivity index (χ0v) is 8.50. The minimum atomic E-state index is -0.277. The van der Waals surface area contributed by atoms with Crippen LogP contribution in [0, 0.1) is 5.82 Å². The van der Waals surface area contributed by atoms with E-state index in [4.69, 9.17) is 4.42 Å². The van der Waals surface area contributed by atoms with Crippen molar-refractivity contribution in [1.82, 2.24) is 5.32 Å². The van der Waals surface area contributed by atoms with E-state index in [2.05, 4.69) is 5.32 Å². The summed E-state index contributed by atoms with van der Waals surface area (Å²) in [6.45, 7) is 0.598. The number of hydrogen-bond acceptors (Lipinski definition) is 2. The highest BCUT2D eigenvalue weighted by atomic mass is 19.1. The average Bonchev–Trinajstić information content (AvgIpc) is 2.83. The van der Waals surface area contributed by atoms with E-state index in [1.54, 1.807) is 6.07 Å². The lowest BCUT2D eigenvalue weighted by Crippen LogP contribution is -2.13. The van der Waals surface area contributed by atoms with Crippen LogP contribution in [-0.4, -0.2) is 12.5 Å². The van der Waals surface area contributed by atoms with Crippen molar-refractivity contribution in [2.24, 2.45) is 0 Å². The van der Waals surface area contributed by atoms with Crippen molar-refractivity contribution in [3.8, 4) is 0 Å². The van der Waals surface area contributed by atoms with E-state index < -0.39 is 0 Å². The Kier molecular flexibility index (Phi) is 1.96. The lowest BCUT2D eigenvalue weighted by molar-refractivity contribution is -0.119. The van der Waals surface area contributed by atoms with Gasteiger partial charge < -0.3 is 9.73 Å². The van der Waals surface area contributed by atoms with Gasteiger partial charge in [0.2, 0.25) is 5.91 Å². The lowest BCUT2D eigenvalue weighted by atomic mass is 10.1. The summed E-state index contributed by atoms with van der Waals surface area (Å²) in [5, 5.41) is 3.50. The minimum Gasteiger partial charge on any atom is -0.461 e. The monoisotopic (exact) mass is 219 g/mol. The summed E-state index contributed by atoms with van der Waals surface area (Å²) in [6, 6.07) is 6.22. The molecule has 0 radical (unpaired) electrons. The normalized spacial score (nSPS) is 20.3. The molecule has 3 rings (SSSR count). The number of carbonyl (C=O) groups is 1. The Morgan fingerprint density at radius 1 is 1.38 bits per heavy atom. The van der Waals surface area contributed by atoms with Crippen molar-refractivity contribution >= 4 is 16.9 Å². The second-order valence-electron chi connectivity index (χ2n) is 4.04. The topological polar surface area (TPSA) is 42.2 Å². The molecule has 82 valence electrons. The molecule has 1 aliphatic heterocycles. The van der Waals surface area contributed by atoms with Gasteiger partial charge in [0.05, 0.1) is 0 Å². The number of hydrogen-bond donors (Lipinski definition) is 1. The number of amides is 1. The molecule has 2 heterocycles. The van der Waals surface area contributed by atoms with Gasteiger partial charge in [-0.1, -0.05) is 0 Å². The van der Waals surface area contributed by atoms with Gasteiger partial charge in [-0.05, 0) is 24.3 Å². The van der Waals surface area contributed by atoms with E-state index in [1.807, 2.05) is 6.07 Å². The van der Waals surface area contributed by atoms with Crippen LogP contribution < -0.4 is 5.32 Å². The first-order chi connectivity index (χ1) is 7.72. The molecule has 1 aromatic heterocycles. The first-order valence-electron chi connectivity index (χ1n) is 5.18. The van der Waals surface area contributed by atoms with E-state index in [0.717, 1.165) is 11.1 Å². The maximum atomic E-state index is 13.0. The van der Waals surface area contributed by atoms with Gasteiger partial charge >= 0.3 is 0 Å². The van der Waals surface area contributed by atoms with Gasteiger partial charge in [0.15, 0.2) is 0 Å². The Bertz CT molecular complexity index is 561. The van der Waals surface area contributed by atoms with Crippen LogP contribution in [0.5, 0.6) is 0 Å². The van der Waals surface area contributed by atoms with Crippen LogP contribution in [0.3, 0.4) is 0 Å². The van der Waals surface area contributed by atoms with Gasteiger partial charge in [-0.3, -0.25) is 4.79 Å². The van der Waals surface area contributed by atoms with E-state index in [9.17, 15) is 9.18 Å². The first-order valence-corrected chi connectivity index (χ1v) is 5.18. The molecule has 1 unspecified atom stereocenters. The summed E-state index contributed by atoms with van der Waals surface area (Å²) in [5.41, 5.74) is 0.663. The number of rotatable bonds is 1. The molecule has 0 saturated carbocycles. The third kappa shape index (κ3) is 1.46. The van der Waals surface area contributed by atoms with Crippen LogP contribution in [0.15, 0.2) is 28.7 Å². The number of fused-ring (bicyclic) bond motifs is 1. The van der Waals surface area contributed by atoms with Crippen molar-refractivity contribution in [2.75, 3.05) is 6.54 Å². The number of carbonyl (C=O) groups excluding carboxylic acids is 1. The number of furan rings is 1. The molecular weight excluding hydrogens is 209 g/mol. The third-order valence-electron chi connectivity index (χ3n) is 2.88. The molecule has 1 fully saturated rings. The second-order valence-corrected chi connectivity index (χ2v) is 4.04. The lowest BCUT2D eigenvalue weighted by Gasteiger charge is -2.00. The molecule has 4 heteroatoms. The number of halogens is 1. The largest absolute Gasteiger partial charge is 0.461 e. The van der Waals surface area contributed by atoms with Crippen LogP contribution >= 0.6 is 0 Å². The highest BCUT2D eigenvalue weighted by molar-refractivity contribution is 5.81. The molecule has 1 saturated heterocycles. The van der Waals surface area contributed by atoms with Crippen LogP contribution in [0.2, 0.25) is 0 Å². The zero-order chi connectivity index (χ0) is 11.1. The second kappa shape index (κ2) is 3.33. The Labute approximate surface area is 91.2 Å². The SMILES string of the molecule is O=C1CC(c2cc3cc(F)ccc3o2)CN1. The van der Waals surface area contributed by atoms with Gasteiger partial charge in [0.25, 0.3) is 0 Å². The van der Waals surface area contributed by atoms with Crippen molar-refractivity contribution in [1.29, 1.82) is 0 Å². The van der Waals surface area contributed by atoms with E-state index >= 15 is 0 Å². The summed E-state index contributed by atoms with van der Waals surface area (Å²) in [7, 11) is 0. The van der Waals surface area contributed by atoms with Gasteiger partial charge in [0.1, 0.15) is 17.2 Å². The van der Waals surface area contributed by atoms with E-state index in [0.29, 0.717) is 18.5 Å². The molecule has 1 aromatic carbocycles. The van der Waals surface area contributed by atoms with E-state index in [-0.39, 0.29) is 17.6 Å². The molecule has 2 aromatic rings. The third-order valence-corrected chi connectivity index (χ3v) is 2.88. The maximum Gasteiger partial charge on any atom is 0.220 e. The van der Waals surface area contributed by atoms with Crippen LogP contribution in [0.25, 0.3) is 11.0 Å². The molecule has 16 heavy (non-hydrogen) atoms. The van der Waals surface area contributed by atoms with Crippen molar-refractivity contribution in [3.05, 3.63) is 35.8 Å². The van der Waals surface area contributed by atoms with Crippen molar-refractivity contribution in [3.63, 3.8) is 0 Å². The quantitative estimate of drug-likeness (QED) is 0.798. The molecule has 0 spiro atoms. The fourth-order valence-electron chi connectivity index (χ4n) is 2.04. The Morgan fingerprint density at radius 3 is 3.00 bits per heavy atom. The molecule has 1 N–H and O–H groups in total. The van der Waals surface area contributed by atoms with Gasteiger partial charge in [0, 0.05) is 24.3 Å². The Hall–Kier alpha value is -1.84. The van der Waals surface area contributed by atoms with Gasteiger partial charge in [-0.15, -0.1) is 0 Å². The summed E-state index contributed by atoms with van der Waals surface area (Å²) in [4.78, 5) is 11.1. The van der Waals surface area contributed by atoms with Crippen LogP contribution in [-0.2, 0) is 4.79 Å².